The SMILES string of the molecule is CCOC(=O)C1=C(C)NC(=O)N[C@@H]1c1ccc(C(=O)OC)cc1. The first kappa shape index (κ1) is 16.5. The summed E-state index contributed by atoms with van der Waals surface area (Å²) in [5.74, 6) is -0.956. The smallest absolute Gasteiger partial charge is 0.338 e. The number of hydrogen-bond acceptors (Lipinski definition) is 5. The maximum atomic E-state index is 12.2. The maximum Gasteiger partial charge on any atom is 0.338 e. The van der Waals surface area contributed by atoms with Crippen molar-refractivity contribution in [3.63, 3.8) is 0 Å². The molecule has 0 fully saturated rings. The van der Waals surface area contributed by atoms with Gasteiger partial charge in [0.25, 0.3) is 0 Å². The molecule has 0 aliphatic carbocycles. The summed E-state index contributed by atoms with van der Waals surface area (Å²) in [6.07, 6.45) is 0. The zero-order chi connectivity index (χ0) is 17.0. The third-order valence-corrected chi connectivity index (χ3v) is 3.43. The van der Waals surface area contributed by atoms with Gasteiger partial charge in [-0.05, 0) is 31.5 Å². The van der Waals surface area contributed by atoms with E-state index in [9.17, 15) is 14.4 Å². The number of urea groups is 1. The number of carbonyl (C=O) groups excluding carboxylic acids is 3. The highest BCUT2D eigenvalue weighted by molar-refractivity contribution is 5.95. The summed E-state index contributed by atoms with van der Waals surface area (Å²) in [5, 5.41) is 5.25. The fraction of sp³-hybridized carbons (Fsp3) is 0.312. The minimum absolute atomic E-state index is 0.234. The van der Waals surface area contributed by atoms with Crippen LogP contribution in [0.1, 0.15) is 35.8 Å². The number of nitrogens with one attached hydrogen (secondary N) is 2. The van der Waals surface area contributed by atoms with Crippen LogP contribution in [-0.2, 0) is 14.3 Å². The zero-order valence-corrected chi connectivity index (χ0v) is 13.1. The van der Waals surface area contributed by atoms with Crippen molar-refractivity contribution in [2.45, 2.75) is 19.9 Å². The van der Waals surface area contributed by atoms with E-state index < -0.39 is 24.0 Å². The number of ether oxygens (including phenoxy) is 2. The highest BCUT2D eigenvalue weighted by Crippen LogP contribution is 2.27. The van der Waals surface area contributed by atoms with E-state index in [1.165, 1.54) is 7.11 Å². The molecule has 0 radical (unpaired) electrons. The number of allylic oxidation sites excluding steroid dienone is 1. The van der Waals surface area contributed by atoms with Gasteiger partial charge in [0.1, 0.15) is 0 Å². The van der Waals surface area contributed by atoms with Gasteiger partial charge in [-0.15, -0.1) is 0 Å². The van der Waals surface area contributed by atoms with Crippen LogP contribution in [0.25, 0.3) is 0 Å². The Morgan fingerprint density at radius 1 is 1.17 bits per heavy atom. The Balaban J connectivity index is 2.38. The topological polar surface area (TPSA) is 93.7 Å². The van der Waals surface area contributed by atoms with Crippen LogP contribution in [0.2, 0.25) is 0 Å². The third-order valence-electron chi connectivity index (χ3n) is 3.43. The Morgan fingerprint density at radius 3 is 2.39 bits per heavy atom. The van der Waals surface area contributed by atoms with Gasteiger partial charge in [0.05, 0.1) is 30.9 Å². The van der Waals surface area contributed by atoms with Crippen LogP contribution in [0.15, 0.2) is 35.5 Å². The van der Waals surface area contributed by atoms with Crippen molar-refractivity contribution < 1.29 is 23.9 Å². The van der Waals surface area contributed by atoms with Gasteiger partial charge in [-0.2, -0.15) is 0 Å². The molecule has 1 aromatic carbocycles. The van der Waals surface area contributed by atoms with Gasteiger partial charge in [0.2, 0.25) is 0 Å². The Labute approximate surface area is 133 Å². The van der Waals surface area contributed by atoms with E-state index in [1.54, 1.807) is 38.1 Å². The number of methoxy groups -OCH3 is 1. The lowest BCUT2D eigenvalue weighted by Gasteiger charge is -2.28. The first-order chi connectivity index (χ1) is 11.0. The quantitative estimate of drug-likeness (QED) is 0.824. The minimum Gasteiger partial charge on any atom is -0.465 e. The predicted octanol–water partition coefficient (Wildman–Crippen LogP) is 1.66. The number of rotatable bonds is 4. The van der Waals surface area contributed by atoms with Crippen molar-refractivity contribution in [1.29, 1.82) is 0 Å². The molecule has 0 bridgehead atoms. The Hall–Kier alpha value is -2.83. The van der Waals surface area contributed by atoms with Gasteiger partial charge in [0, 0.05) is 5.70 Å². The average Bonchev–Trinajstić information content (AvgIpc) is 2.53. The molecular formula is C16H18N2O5. The second-order valence-electron chi connectivity index (χ2n) is 4.90. The molecule has 0 aromatic heterocycles. The molecule has 122 valence electrons. The lowest BCUT2D eigenvalue weighted by molar-refractivity contribution is -0.139. The molecule has 0 spiro atoms. The highest BCUT2D eigenvalue weighted by atomic mass is 16.5. The fourth-order valence-corrected chi connectivity index (χ4v) is 2.35. The lowest BCUT2D eigenvalue weighted by Crippen LogP contribution is -2.45. The van der Waals surface area contributed by atoms with Crippen LogP contribution >= 0.6 is 0 Å². The Kier molecular flexibility index (Phi) is 5.00. The van der Waals surface area contributed by atoms with Gasteiger partial charge in [-0.3, -0.25) is 0 Å². The van der Waals surface area contributed by atoms with Crippen LogP contribution in [0, 0.1) is 0 Å². The largest absolute Gasteiger partial charge is 0.465 e. The molecule has 1 heterocycles. The van der Waals surface area contributed by atoms with E-state index in [0.29, 0.717) is 22.4 Å². The number of amides is 2. The number of benzene rings is 1. The summed E-state index contributed by atoms with van der Waals surface area (Å²) < 4.78 is 9.70. The molecule has 1 aliphatic heterocycles. The lowest BCUT2D eigenvalue weighted by atomic mass is 9.95. The molecule has 2 rings (SSSR count). The monoisotopic (exact) mass is 318 g/mol. The first-order valence-electron chi connectivity index (χ1n) is 7.11. The van der Waals surface area contributed by atoms with Crippen molar-refractivity contribution in [2.24, 2.45) is 0 Å². The van der Waals surface area contributed by atoms with E-state index in [0.717, 1.165) is 0 Å². The molecular weight excluding hydrogens is 300 g/mol. The molecule has 2 N–H and O–H groups in total. The minimum atomic E-state index is -0.644. The van der Waals surface area contributed by atoms with Crippen LogP contribution in [-0.4, -0.2) is 31.7 Å². The molecule has 0 unspecified atom stereocenters. The molecule has 1 atom stereocenters. The van der Waals surface area contributed by atoms with Crippen LogP contribution in [0.4, 0.5) is 4.79 Å². The van der Waals surface area contributed by atoms with Crippen LogP contribution < -0.4 is 10.6 Å². The van der Waals surface area contributed by atoms with Crippen LogP contribution in [0.5, 0.6) is 0 Å². The molecule has 1 aromatic rings. The van der Waals surface area contributed by atoms with E-state index >= 15 is 0 Å². The standard InChI is InChI=1S/C16H18N2O5/c1-4-23-15(20)12-9(2)17-16(21)18-13(12)10-5-7-11(8-6-10)14(19)22-3/h5-8,13H,4H2,1-3H3,(H2,17,18,21)/t13-/m1/s1. The normalized spacial score (nSPS) is 17.2. The summed E-state index contributed by atoms with van der Waals surface area (Å²) in [4.78, 5) is 35.4. The number of carbonyl (C=O) groups is 3. The molecule has 0 saturated carbocycles. The van der Waals surface area contributed by atoms with E-state index in [2.05, 4.69) is 15.4 Å². The maximum absolute atomic E-state index is 12.2. The zero-order valence-electron chi connectivity index (χ0n) is 13.1. The van der Waals surface area contributed by atoms with Crippen molar-refractivity contribution in [3.8, 4) is 0 Å². The first-order valence-corrected chi connectivity index (χ1v) is 7.11. The summed E-state index contributed by atoms with van der Waals surface area (Å²) in [7, 11) is 1.30. The predicted molar refractivity (Wildman–Crippen MR) is 81.5 cm³/mol. The fourth-order valence-electron chi connectivity index (χ4n) is 2.35. The number of hydrogen-bond donors (Lipinski definition) is 2. The molecule has 7 heteroatoms. The van der Waals surface area contributed by atoms with E-state index in [4.69, 9.17) is 4.74 Å². The summed E-state index contributed by atoms with van der Waals surface area (Å²) in [6.45, 7) is 3.58. The van der Waals surface area contributed by atoms with Gasteiger partial charge < -0.3 is 20.1 Å². The molecule has 1 aliphatic rings. The second kappa shape index (κ2) is 6.95. The van der Waals surface area contributed by atoms with Crippen molar-refractivity contribution in [2.75, 3.05) is 13.7 Å². The van der Waals surface area contributed by atoms with E-state index in [1.807, 2.05) is 0 Å². The second-order valence-corrected chi connectivity index (χ2v) is 4.90. The summed E-state index contributed by atoms with van der Waals surface area (Å²) in [6, 6.07) is 5.43. The highest BCUT2D eigenvalue weighted by Gasteiger charge is 2.32. The van der Waals surface area contributed by atoms with Gasteiger partial charge in [-0.25, -0.2) is 14.4 Å². The van der Waals surface area contributed by atoms with Gasteiger partial charge >= 0.3 is 18.0 Å². The third kappa shape index (κ3) is 3.50. The Bertz CT molecular complexity index is 664. The number of esters is 2. The van der Waals surface area contributed by atoms with Crippen molar-refractivity contribution in [1.82, 2.24) is 10.6 Å². The summed E-state index contributed by atoms with van der Waals surface area (Å²) >= 11 is 0. The van der Waals surface area contributed by atoms with Gasteiger partial charge in [0.15, 0.2) is 0 Å². The van der Waals surface area contributed by atoms with Gasteiger partial charge in [-0.1, -0.05) is 12.1 Å². The molecule has 7 nitrogen and oxygen atoms in total. The Morgan fingerprint density at radius 2 is 1.83 bits per heavy atom. The average molecular weight is 318 g/mol. The van der Waals surface area contributed by atoms with Crippen molar-refractivity contribution >= 4 is 18.0 Å². The molecule has 23 heavy (non-hydrogen) atoms. The molecule has 0 saturated heterocycles. The van der Waals surface area contributed by atoms with Crippen LogP contribution in [0.3, 0.4) is 0 Å². The van der Waals surface area contributed by atoms with Crippen molar-refractivity contribution in [3.05, 3.63) is 46.7 Å². The van der Waals surface area contributed by atoms with E-state index in [-0.39, 0.29) is 6.61 Å². The summed E-state index contributed by atoms with van der Waals surface area (Å²) in [5.41, 5.74) is 1.82. The molecule has 2 amide bonds.